The number of benzene rings is 1. The third-order valence-electron chi connectivity index (χ3n) is 4.75. The predicted molar refractivity (Wildman–Crippen MR) is 83.3 cm³/mol. The molecule has 0 aromatic heterocycles. The number of rotatable bonds is 5. The van der Waals surface area contributed by atoms with Crippen LogP contribution in [0.25, 0.3) is 0 Å². The number of likely N-dealkylation sites (tertiary alicyclic amines) is 1. The molecule has 2 aliphatic heterocycles. The van der Waals surface area contributed by atoms with Crippen molar-refractivity contribution in [1.29, 1.82) is 0 Å². The zero-order chi connectivity index (χ0) is 14.7. The van der Waals surface area contributed by atoms with Crippen LogP contribution in [0.15, 0.2) is 24.3 Å². The molecule has 2 unspecified atom stereocenters. The molecule has 0 saturated carbocycles. The molecule has 0 aliphatic carbocycles. The highest BCUT2D eigenvalue weighted by molar-refractivity contribution is 5.79. The van der Waals surface area contributed by atoms with Crippen LogP contribution in [0.5, 0.6) is 0 Å². The van der Waals surface area contributed by atoms with Gasteiger partial charge in [-0.1, -0.05) is 18.2 Å². The summed E-state index contributed by atoms with van der Waals surface area (Å²) in [6, 6.07) is 8.62. The summed E-state index contributed by atoms with van der Waals surface area (Å²) >= 11 is 0. The van der Waals surface area contributed by atoms with E-state index in [0.717, 1.165) is 38.8 Å². The van der Waals surface area contributed by atoms with Crippen molar-refractivity contribution in [3.8, 4) is 0 Å². The Hall–Kier alpha value is -1.55. The van der Waals surface area contributed by atoms with Crippen LogP contribution in [0.3, 0.4) is 0 Å². The molecule has 3 rings (SSSR count). The van der Waals surface area contributed by atoms with Gasteiger partial charge >= 0.3 is 0 Å². The van der Waals surface area contributed by atoms with E-state index in [1.54, 1.807) is 0 Å². The molecule has 1 fully saturated rings. The fourth-order valence-corrected chi connectivity index (χ4v) is 3.66. The fourth-order valence-electron chi connectivity index (χ4n) is 3.66. The molecule has 2 atom stereocenters. The average molecular weight is 288 g/mol. The van der Waals surface area contributed by atoms with E-state index in [-0.39, 0.29) is 12.5 Å². The normalized spacial score (nSPS) is 24.0. The van der Waals surface area contributed by atoms with Gasteiger partial charge in [-0.25, -0.2) is 0 Å². The number of anilines is 1. The molecule has 1 saturated heterocycles. The zero-order valence-corrected chi connectivity index (χ0v) is 12.4. The molecule has 0 spiro atoms. The third kappa shape index (κ3) is 3.05. The number of nitrogens with zero attached hydrogens (tertiary/aromatic N) is 1. The number of para-hydroxylation sites is 1. The van der Waals surface area contributed by atoms with E-state index < -0.39 is 0 Å². The van der Waals surface area contributed by atoms with Crippen molar-refractivity contribution in [3.05, 3.63) is 29.8 Å². The minimum atomic E-state index is 0.221. The number of aliphatic hydroxyl groups excluding tert-OH is 1. The van der Waals surface area contributed by atoms with Crippen LogP contribution < -0.4 is 5.32 Å². The van der Waals surface area contributed by atoms with E-state index in [0.29, 0.717) is 18.4 Å². The zero-order valence-electron chi connectivity index (χ0n) is 12.4. The Balaban J connectivity index is 1.62. The summed E-state index contributed by atoms with van der Waals surface area (Å²) in [6.45, 7) is 1.97. The van der Waals surface area contributed by atoms with Crippen LogP contribution in [0.1, 0.15) is 43.6 Å². The molecule has 4 heteroatoms. The summed E-state index contributed by atoms with van der Waals surface area (Å²) < 4.78 is 0. The van der Waals surface area contributed by atoms with Crippen LogP contribution in [-0.4, -0.2) is 41.7 Å². The van der Waals surface area contributed by atoms with Crippen molar-refractivity contribution in [2.24, 2.45) is 0 Å². The number of carbonyl (C=O) groups excluding carboxylic acids is 1. The molecule has 2 aliphatic rings. The molecule has 1 aromatic carbocycles. The van der Waals surface area contributed by atoms with Gasteiger partial charge in [0.2, 0.25) is 5.91 Å². The highest BCUT2D eigenvalue weighted by atomic mass is 16.3. The minimum Gasteiger partial charge on any atom is -0.396 e. The summed E-state index contributed by atoms with van der Waals surface area (Å²) in [7, 11) is 0. The second kappa shape index (κ2) is 6.48. The van der Waals surface area contributed by atoms with E-state index in [2.05, 4.69) is 22.3 Å². The molecule has 114 valence electrons. The number of aliphatic hydroxyl groups is 1. The highest BCUT2D eigenvalue weighted by Crippen LogP contribution is 2.34. The lowest BCUT2D eigenvalue weighted by Crippen LogP contribution is -2.36. The standard InChI is InChI=1S/C17H24N2O2/c20-10-4-6-14-5-3-9-19(14)17(21)11-13-12-18-16-8-2-1-7-15(13)16/h1-2,7-8,13-14,18,20H,3-6,9-12H2. The topological polar surface area (TPSA) is 52.6 Å². The van der Waals surface area contributed by atoms with Gasteiger partial charge in [0.05, 0.1) is 0 Å². The molecular formula is C17H24N2O2. The minimum absolute atomic E-state index is 0.221. The number of carbonyl (C=O) groups is 1. The van der Waals surface area contributed by atoms with Crippen LogP contribution in [0.2, 0.25) is 0 Å². The van der Waals surface area contributed by atoms with Crippen molar-refractivity contribution in [1.82, 2.24) is 4.90 Å². The van der Waals surface area contributed by atoms with Gasteiger partial charge in [-0.3, -0.25) is 4.79 Å². The second-order valence-corrected chi connectivity index (χ2v) is 6.12. The van der Waals surface area contributed by atoms with Gasteiger partial charge in [-0.15, -0.1) is 0 Å². The smallest absolute Gasteiger partial charge is 0.223 e. The summed E-state index contributed by atoms with van der Waals surface area (Å²) in [5.74, 6) is 0.576. The predicted octanol–water partition coefficient (Wildman–Crippen LogP) is 2.35. The molecule has 1 amide bonds. The van der Waals surface area contributed by atoms with E-state index in [9.17, 15) is 4.79 Å². The van der Waals surface area contributed by atoms with Crippen LogP contribution in [0.4, 0.5) is 5.69 Å². The molecule has 2 heterocycles. The van der Waals surface area contributed by atoms with E-state index in [1.165, 1.54) is 11.3 Å². The maximum atomic E-state index is 12.6. The number of fused-ring (bicyclic) bond motifs is 1. The first-order valence-corrected chi connectivity index (χ1v) is 8.02. The van der Waals surface area contributed by atoms with E-state index in [1.807, 2.05) is 12.1 Å². The van der Waals surface area contributed by atoms with Crippen LogP contribution >= 0.6 is 0 Å². The van der Waals surface area contributed by atoms with Gasteiger partial charge in [-0.2, -0.15) is 0 Å². The van der Waals surface area contributed by atoms with Gasteiger partial charge in [0, 0.05) is 43.8 Å². The Bertz CT molecular complexity index is 503. The second-order valence-electron chi connectivity index (χ2n) is 6.12. The van der Waals surface area contributed by atoms with Gasteiger partial charge in [0.25, 0.3) is 0 Å². The first-order chi connectivity index (χ1) is 10.3. The maximum absolute atomic E-state index is 12.6. The van der Waals surface area contributed by atoms with E-state index in [4.69, 9.17) is 5.11 Å². The van der Waals surface area contributed by atoms with E-state index >= 15 is 0 Å². The van der Waals surface area contributed by atoms with Crippen LogP contribution in [-0.2, 0) is 4.79 Å². The number of hydrogen-bond acceptors (Lipinski definition) is 3. The Morgan fingerprint density at radius 1 is 1.38 bits per heavy atom. The summed E-state index contributed by atoms with van der Waals surface area (Å²) in [6.07, 6.45) is 4.51. The Labute approximate surface area is 126 Å². The Kier molecular flexibility index (Phi) is 4.44. The van der Waals surface area contributed by atoms with Gasteiger partial charge in [0.15, 0.2) is 0 Å². The number of amides is 1. The summed E-state index contributed by atoms with van der Waals surface area (Å²) in [4.78, 5) is 14.7. The van der Waals surface area contributed by atoms with Gasteiger partial charge < -0.3 is 15.3 Å². The largest absolute Gasteiger partial charge is 0.396 e. The third-order valence-corrected chi connectivity index (χ3v) is 4.75. The molecule has 1 aromatic rings. The van der Waals surface area contributed by atoms with Crippen molar-refractivity contribution >= 4 is 11.6 Å². The lowest BCUT2D eigenvalue weighted by Gasteiger charge is -2.26. The number of nitrogens with one attached hydrogen (secondary N) is 1. The molecule has 2 N–H and O–H groups in total. The molecular weight excluding hydrogens is 264 g/mol. The van der Waals surface area contributed by atoms with Crippen molar-refractivity contribution in [2.45, 2.75) is 44.1 Å². The molecule has 21 heavy (non-hydrogen) atoms. The lowest BCUT2D eigenvalue weighted by atomic mass is 9.97. The number of hydrogen-bond donors (Lipinski definition) is 2. The first-order valence-electron chi connectivity index (χ1n) is 8.02. The average Bonchev–Trinajstić information content (AvgIpc) is 3.12. The summed E-state index contributed by atoms with van der Waals surface area (Å²) in [5.41, 5.74) is 2.45. The monoisotopic (exact) mass is 288 g/mol. The maximum Gasteiger partial charge on any atom is 0.223 e. The SMILES string of the molecule is O=C(CC1CNc2ccccc21)N1CCCC1CCCO. The van der Waals surface area contributed by atoms with Crippen molar-refractivity contribution < 1.29 is 9.90 Å². The lowest BCUT2D eigenvalue weighted by molar-refractivity contribution is -0.132. The van der Waals surface area contributed by atoms with Crippen molar-refractivity contribution in [3.63, 3.8) is 0 Å². The highest BCUT2D eigenvalue weighted by Gasteiger charge is 2.31. The first kappa shape index (κ1) is 14.4. The summed E-state index contributed by atoms with van der Waals surface area (Å²) in [5, 5.41) is 12.4. The molecule has 4 nitrogen and oxygen atoms in total. The van der Waals surface area contributed by atoms with Crippen LogP contribution in [0, 0.1) is 0 Å². The Morgan fingerprint density at radius 2 is 2.24 bits per heavy atom. The molecule has 0 radical (unpaired) electrons. The molecule has 0 bridgehead atoms. The fraction of sp³-hybridized carbons (Fsp3) is 0.588. The van der Waals surface area contributed by atoms with Crippen molar-refractivity contribution in [2.75, 3.05) is 25.0 Å². The quantitative estimate of drug-likeness (QED) is 0.874. The Morgan fingerprint density at radius 3 is 3.10 bits per heavy atom. The van der Waals surface area contributed by atoms with Gasteiger partial charge in [0.1, 0.15) is 0 Å². The van der Waals surface area contributed by atoms with Gasteiger partial charge in [-0.05, 0) is 37.3 Å².